The van der Waals surface area contributed by atoms with Crippen molar-refractivity contribution in [2.75, 3.05) is 12.8 Å². The maximum atomic E-state index is 12.3. The lowest BCUT2D eigenvalue weighted by molar-refractivity contribution is -0.127. The van der Waals surface area contributed by atoms with Gasteiger partial charge in [0, 0.05) is 24.2 Å². The highest BCUT2D eigenvalue weighted by molar-refractivity contribution is 7.99. The van der Waals surface area contributed by atoms with Crippen molar-refractivity contribution in [3.05, 3.63) is 53.4 Å². The number of hydrogen-bond acceptors (Lipinski definition) is 5. The molecule has 8 heteroatoms. The van der Waals surface area contributed by atoms with E-state index in [1.165, 1.54) is 11.8 Å². The van der Waals surface area contributed by atoms with Crippen LogP contribution >= 0.6 is 23.4 Å². The molecule has 26 heavy (non-hydrogen) atoms. The summed E-state index contributed by atoms with van der Waals surface area (Å²) in [5.41, 5.74) is 0.942. The molecule has 0 spiro atoms. The zero-order chi connectivity index (χ0) is 18.5. The first-order valence-electron chi connectivity index (χ1n) is 8.16. The second-order valence-corrected chi connectivity index (χ2v) is 7.05. The Morgan fingerprint density at radius 1 is 1.27 bits per heavy atom. The fourth-order valence-corrected chi connectivity index (χ4v) is 3.52. The van der Waals surface area contributed by atoms with Crippen molar-refractivity contribution in [1.29, 1.82) is 0 Å². The molecule has 0 aliphatic heterocycles. The van der Waals surface area contributed by atoms with Crippen LogP contribution < -0.4 is 0 Å². The lowest BCUT2D eigenvalue weighted by atomic mass is 10.2. The van der Waals surface area contributed by atoms with Gasteiger partial charge < -0.3 is 13.9 Å². The summed E-state index contributed by atoms with van der Waals surface area (Å²) >= 11 is 7.33. The summed E-state index contributed by atoms with van der Waals surface area (Å²) in [6.07, 6.45) is 1.60. The Morgan fingerprint density at radius 3 is 2.69 bits per heavy atom. The molecule has 2 heterocycles. The second-order valence-electron chi connectivity index (χ2n) is 5.68. The zero-order valence-corrected chi connectivity index (χ0v) is 16.1. The molecule has 3 aromatic rings. The number of nitrogens with zero attached hydrogens (tertiary/aromatic N) is 4. The van der Waals surface area contributed by atoms with E-state index in [2.05, 4.69) is 10.2 Å². The van der Waals surface area contributed by atoms with Crippen LogP contribution in [0.5, 0.6) is 0 Å². The molecule has 0 radical (unpaired) electrons. The molecule has 0 bridgehead atoms. The minimum absolute atomic E-state index is 0.00472. The van der Waals surface area contributed by atoms with Crippen LogP contribution in [-0.2, 0) is 17.9 Å². The van der Waals surface area contributed by atoms with Gasteiger partial charge in [0.05, 0.1) is 18.6 Å². The van der Waals surface area contributed by atoms with Crippen LogP contribution in [0, 0.1) is 0 Å². The SMILES string of the molecule is CCn1c(SCC(=O)N(C)Cc2ccco2)nnc1-c1ccc(Cl)cc1. The second kappa shape index (κ2) is 8.42. The molecule has 136 valence electrons. The highest BCUT2D eigenvalue weighted by Gasteiger charge is 2.16. The summed E-state index contributed by atoms with van der Waals surface area (Å²) in [5.74, 6) is 1.82. The lowest BCUT2D eigenvalue weighted by Crippen LogP contribution is -2.27. The fraction of sp³-hybridized carbons (Fsp3) is 0.278. The van der Waals surface area contributed by atoms with Gasteiger partial charge in [-0.25, -0.2) is 0 Å². The number of carbonyl (C=O) groups excluding carboxylic acids is 1. The molecule has 0 atom stereocenters. The quantitative estimate of drug-likeness (QED) is 0.571. The van der Waals surface area contributed by atoms with Crippen LogP contribution in [-0.4, -0.2) is 38.4 Å². The van der Waals surface area contributed by atoms with Gasteiger partial charge in [-0.3, -0.25) is 4.79 Å². The smallest absolute Gasteiger partial charge is 0.233 e. The molecule has 0 aliphatic rings. The molecule has 0 fully saturated rings. The molecule has 0 aliphatic carbocycles. The maximum absolute atomic E-state index is 12.3. The summed E-state index contributed by atoms with van der Waals surface area (Å²) in [7, 11) is 1.76. The average Bonchev–Trinajstić information content (AvgIpc) is 3.29. The average molecular weight is 391 g/mol. The minimum atomic E-state index is 0.00472. The number of halogens is 1. The first kappa shape index (κ1) is 18.5. The van der Waals surface area contributed by atoms with Gasteiger partial charge >= 0.3 is 0 Å². The molecule has 0 N–H and O–H groups in total. The normalized spacial score (nSPS) is 10.9. The predicted octanol–water partition coefficient (Wildman–Crippen LogP) is 3.96. The monoisotopic (exact) mass is 390 g/mol. The third-order valence-electron chi connectivity index (χ3n) is 3.86. The number of carbonyl (C=O) groups is 1. The maximum Gasteiger partial charge on any atom is 0.233 e. The van der Waals surface area contributed by atoms with Crippen molar-refractivity contribution >= 4 is 29.3 Å². The van der Waals surface area contributed by atoms with Crippen LogP contribution in [0.4, 0.5) is 0 Å². The third kappa shape index (κ3) is 4.28. The molecule has 0 saturated carbocycles. The first-order chi connectivity index (χ1) is 12.6. The van der Waals surface area contributed by atoms with Gasteiger partial charge in [-0.15, -0.1) is 10.2 Å². The summed E-state index contributed by atoms with van der Waals surface area (Å²) in [4.78, 5) is 14.0. The molecule has 2 aromatic heterocycles. The summed E-state index contributed by atoms with van der Waals surface area (Å²) < 4.78 is 7.27. The van der Waals surface area contributed by atoms with Crippen molar-refractivity contribution in [3.63, 3.8) is 0 Å². The highest BCUT2D eigenvalue weighted by Crippen LogP contribution is 2.25. The van der Waals surface area contributed by atoms with Gasteiger partial charge in [0.15, 0.2) is 11.0 Å². The van der Waals surface area contributed by atoms with E-state index in [-0.39, 0.29) is 11.7 Å². The van der Waals surface area contributed by atoms with Crippen LogP contribution in [0.15, 0.2) is 52.2 Å². The van der Waals surface area contributed by atoms with E-state index in [0.29, 0.717) is 18.1 Å². The van der Waals surface area contributed by atoms with E-state index in [1.807, 2.05) is 47.9 Å². The van der Waals surface area contributed by atoms with Crippen molar-refractivity contribution in [2.24, 2.45) is 0 Å². The Labute approximate surface area is 161 Å². The summed E-state index contributed by atoms with van der Waals surface area (Å²) in [5, 5.41) is 9.92. The molecule has 1 amide bonds. The van der Waals surface area contributed by atoms with Gasteiger partial charge in [-0.2, -0.15) is 0 Å². The van der Waals surface area contributed by atoms with Crippen molar-refractivity contribution in [1.82, 2.24) is 19.7 Å². The Hall–Kier alpha value is -2.25. The van der Waals surface area contributed by atoms with E-state index < -0.39 is 0 Å². The summed E-state index contributed by atoms with van der Waals surface area (Å²) in [6.45, 7) is 3.18. The van der Waals surface area contributed by atoms with Gasteiger partial charge in [-0.1, -0.05) is 23.4 Å². The van der Waals surface area contributed by atoms with E-state index in [0.717, 1.165) is 22.3 Å². The number of aromatic nitrogens is 3. The van der Waals surface area contributed by atoms with Crippen LogP contribution in [0.2, 0.25) is 5.02 Å². The Bertz CT molecular complexity index is 862. The van der Waals surface area contributed by atoms with Gasteiger partial charge in [0.1, 0.15) is 5.76 Å². The fourth-order valence-electron chi connectivity index (χ4n) is 2.45. The van der Waals surface area contributed by atoms with Crippen LogP contribution in [0.1, 0.15) is 12.7 Å². The third-order valence-corrected chi connectivity index (χ3v) is 5.06. The number of benzene rings is 1. The van der Waals surface area contributed by atoms with E-state index in [1.54, 1.807) is 18.2 Å². The molecular formula is C18H19ClN4O2S. The van der Waals surface area contributed by atoms with Crippen molar-refractivity contribution < 1.29 is 9.21 Å². The van der Waals surface area contributed by atoms with Crippen LogP contribution in [0.3, 0.4) is 0 Å². The van der Waals surface area contributed by atoms with Gasteiger partial charge in [0.25, 0.3) is 0 Å². The molecule has 3 rings (SSSR count). The number of thioether (sulfide) groups is 1. The number of rotatable bonds is 7. The van der Waals surface area contributed by atoms with Crippen LogP contribution in [0.25, 0.3) is 11.4 Å². The first-order valence-corrected chi connectivity index (χ1v) is 9.53. The van der Waals surface area contributed by atoms with E-state index in [4.69, 9.17) is 16.0 Å². The Morgan fingerprint density at radius 2 is 2.04 bits per heavy atom. The molecule has 0 saturated heterocycles. The molecule has 0 unspecified atom stereocenters. The van der Waals surface area contributed by atoms with Crippen molar-refractivity contribution in [2.45, 2.75) is 25.2 Å². The molecule has 1 aromatic carbocycles. The standard InChI is InChI=1S/C18H19ClN4O2S/c1-3-23-17(13-6-8-14(19)9-7-13)20-21-18(23)26-12-16(24)22(2)11-15-5-4-10-25-15/h4-10H,3,11-12H2,1-2H3. The highest BCUT2D eigenvalue weighted by atomic mass is 35.5. The lowest BCUT2D eigenvalue weighted by Gasteiger charge is -2.15. The minimum Gasteiger partial charge on any atom is -0.467 e. The summed E-state index contributed by atoms with van der Waals surface area (Å²) in [6, 6.07) is 11.1. The molecule has 6 nitrogen and oxygen atoms in total. The zero-order valence-electron chi connectivity index (χ0n) is 14.6. The number of amides is 1. The number of hydrogen-bond donors (Lipinski definition) is 0. The molecular weight excluding hydrogens is 372 g/mol. The number of furan rings is 1. The van der Waals surface area contributed by atoms with Gasteiger partial charge in [-0.05, 0) is 43.3 Å². The predicted molar refractivity (Wildman–Crippen MR) is 102 cm³/mol. The van der Waals surface area contributed by atoms with Gasteiger partial charge in [0.2, 0.25) is 5.91 Å². The Kier molecular flexibility index (Phi) is 6.00. The van der Waals surface area contributed by atoms with E-state index in [9.17, 15) is 4.79 Å². The Balaban J connectivity index is 1.66. The topological polar surface area (TPSA) is 64.2 Å². The largest absolute Gasteiger partial charge is 0.467 e. The van der Waals surface area contributed by atoms with Crippen molar-refractivity contribution in [3.8, 4) is 11.4 Å². The van der Waals surface area contributed by atoms with E-state index >= 15 is 0 Å².